The predicted molar refractivity (Wildman–Crippen MR) is 261 cm³/mol. The number of carbonyl (C=O) groups excluding carboxylic acids is 1. The van der Waals surface area contributed by atoms with Gasteiger partial charge in [-0.25, -0.2) is 0 Å². The normalized spacial score (nSPS) is 54.0. The summed E-state index contributed by atoms with van der Waals surface area (Å²) in [5.74, 6) is -0.399. The van der Waals surface area contributed by atoms with Gasteiger partial charge in [-0.1, -0.05) is 60.1 Å². The second-order valence-corrected chi connectivity index (χ2v) is 26.3. The Labute approximate surface area is 444 Å². The zero-order valence-electron chi connectivity index (χ0n) is 45.1. The Bertz CT molecular complexity index is 2090. The van der Waals surface area contributed by atoms with Crippen molar-refractivity contribution >= 4 is 5.97 Å². The number of ether oxygens (including phenoxy) is 8. The molecule has 0 aromatic heterocycles. The SMILES string of the molecule is CC1OC(OC2C(OC3C(OC4CCC5(C)C(CCC6(C)C5CC=C5C7CC(C)(C)CCC7(C(=O)OC7OC(CO)C(O)C(O)C7O)CCC56C)C4(C)C)OC(CO)C(O)C3O)OC(CO)C(O)C2O)C(O)C(O)C1O. The van der Waals surface area contributed by atoms with E-state index < -0.39 is 166 Å². The Hall–Kier alpha value is -1.59. The Morgan fingerprint density at radius 3 is 1.66 bits per heavy atom. The number of fused-ring (bicyclic) bond motifs is 7. The van der Waals surface area contributed by atoms with Gasteiger partial charge in [0.1, 0.15) is 91.6 Å². The molecule has 8 fully saturated rings. The van der Waals surface area contributed by atoms with Gasteiger partial charge in [0, 0.05) is 0 Å². The Morgan fingerprint density at radius 1 is 0.553 bits per heavy atom. The van der Waals surface area contributed by atoms with Crippen LogP contribution in [0.5, 0.6) is 0 Å². The summed E-state index contributed by atoms with van der Waals surface area (Å²) < 4.78 is 48.7. The Kier molecular flexibility index (Phi) is 16.6. The number of hydrogen-bond acceptors (Lipinski definition) is 22. The Morgan fingerprint density at radius 2 is 1.07 bits per heavy atom. The molecule has 0 radical (unpaired) electrons. The molecule has 13 N–H and O–H groups in total. The van der Waals surface area contributed by atoms with Crippen LogP contribution in [0.2, 0.25) is 0 Å². The number of rotatable bonds is 11. The first-order valence-electron chi connectivity index (χ1n) is 27.7. The van der Waals surface area contributed by atoms with Gasteiger partial charge in [-0.3, -0.25) is 4.79 Å². The summed E-state index contributed by atoms with van der Waals surface area (Å²) in [5.41, 5.74) is -1.07. The van der Waals surface area contributed by atoms with Crippen molar-refractivity contribution in [3.05, 3.63) is 11.6 Å². The third-order valence-corrected chi connectivity index (χ3v) is 21.4. The van der Waals surface area contributed by atoms with Crippen LogP contribution in [0.4, 0.5) is 0 Å². The van der Waals surface area contributed by atoms with E-state index in [4.69, 9.17) is 37.9 Å². The van der Waals surface area contributed by atoms with Gasteiger partial charge in [0.25, 0.3) is 0 Å². The zero-order valence-corrected chi connectivity index (χ0v) is 45.1. The molecule has 0 spiro atoms. The number of aliphatic hydroxyl groups excluding tert-OH is 13. The minimum Gasteiger partial charge on any atom is -0.432 e. The molecular formula is C54H88O22. The van der Waals surface area contributed by atoms with Crippen LogP contribution in [0.1, 0.15) is 120 Å². The molecule has 9 rings (SSSR count). The van der Waals surface area contributed by atoms with E-state index in [1.165, 1.54) is 12.5 Å². The molecule has 4 saturated heterocycles. The van der Waals surface area contributed by atoms with Crippen LogP contribution in [0, 0.1) is 50.2 Å². The average Bonchev–Trinajstić information content (AvgIpc) is 3.37. The largest absolute Gasteiger partial charge is 0.432 e. The predicted octanol–water partition coefficient (Wildman–Crippen LogP) is -1.01. The molecule has 22 heteroatoms. The maximum atomic E-state index is 14.8. The van der Waals surface area contributed by atoms with Gasteiger partial charge in [0.2, 0.25) is 6.29 Å². The van der Waals surface area contributed by atoms with Gasteiger partial charge in [-0.15, -0.1) is 0 Å². The van der Waals surface area contributed by atoms with Crippen molar-refractivity contribution < 1.29 is 109 Å². The first kappa shape index (κ1) is 59.0. The topological polar surface area (TPSA) is 354 Å². The van der Waals surface area contributed by atoms with Crippen molar-refractivity contribution in [2.45, 2.75) is 249 Å². The van der Waals surface area contributed by atoms with E-state index in [0.29, 0.717) is 25.7 Å². The number of carbonyl (C=O) groups is 1. The van der Waals surface area contributed by atoms with Crippen molar-refractivity contribution in [1.82, 2.24) is 0 Å². The first-order valence-corrected chi connectivity index (χ1v) is 27.7. The van der Waals surface area contributed by atoms with E-state index in [0.717, 1.165) is 38.5 Å². The fourth-order valence-corrected chi connectivity index (χ4v) is 16.4. The molecule has 28 unspecified atom stereocenters. The average molecular weight is 1090 g/mol. The molecule has 4 saturated carbocycles. The molecule has 4 aliphatic heterocycles. The summed E-state index contributed by atoms with van der Waals surface area (Å²) in [7, 11) is 0. The maximum Gasteiger partial charge on any atom is 0.315 e. The lowest BCUT2D eigenvalue weighted by Gasteiger charge is -2.71. The van der Waals surface area contributed by atoms with E-state index in [-0.39, 0.29) is 39.4 Å². The van der Waals surface area contributed by atoms with Gasteiger partial charge < -0.3 is 104 Å². The van der Waals surface area contributed by atoms with Gasteiger partial charge >= 0.3 is 5.97 Å². The van der Waals surface area contributed by atoms with Gasteiger partial charge in [-0.05, 0) is 116 Å². The molecule has 436 valence electrons. The minimum atomic E-state index is -1.87. The van der Waals surface area contributed by atoms with Crippen LogP contribution in [-0.4, -0.2) is 221 Å². The minimum absolute atomic E-state index is 0.0897. The van der Waals surface area contributed by atoms with E-state index in [1.54, 1.807) is 0 Å². The highest BCUT2D eigenvalue weighted by Crippen LogP contribution is 2.76. The molecule has 5 aliphatic carbocycles. The highest BCUT2D eigenvalue weighted by molar-refractivity contribution is 5.79. The second kappa shape index (κ2) is 21.3. The van der Waals surface area contributed by atoms with E-state index in [9.17, 15) is 71.2 Å². The van der Waals surface area contributed by atoms with Gasteiger partial charge in [0.05, 0.1) is 37.4 Å². The van der Waals surface area contributed by atoms with Crippen molar-refractivity contribution in [2.24, 2.45) is 50.2 Å². The van der Waals surface area contributed by atoms with E-state index in [1.807, 2.05) is 0 Å². The first-order chi connectivity index (χ1) is 35.5. The second-order valence-electron chi connectivity index (χ2n) is 26.3. The maximum absolute atomic E-state index is 14.8. The van der Waals surface area contributed by atoms with Gasteiger partial charge in [0.15, 0.2) is 18.9 Å². The molecule has 4 heterocycles. The number of hydrogen-bond donors (Lipinski definition) is 13. The third-order valence-electron chi connectivity index (χ3n) is 21.4. The van der Waals surface area contributed by atoms with Crippen molar-refractivity contribution in [2.75, 3.05) is 19.8 Å². The molecule has 0 bridgehead atoms. The lowest BCUT2D eigenvalue weighted by molar-refractivity contribution is -0.397. The summed E-state index contributed by atoms with van der Waals surface area (Å²) in [6.07, 6.45) is -23.1. The monoisotopic (exact) mass is 1090 g/mol. The molecule has 0 amide bonds. The molecule has 28 atom stereocenters. The van der Waals surface area contributed by atoms with Crippen LogP contribution in [0.25, 0.3) is 0 Å². The van der Waals surface area contributed by atoms with Crippen molar-refractivity contribution in [3.8, 4) is 0 Å². The van der Waals surface area contributed by atoms with Crippen LogP contribution in [-0.2, 0) is 42.7 Å². The number of aliphatic hydroxyl groups is 13. The lowest BCUT2D eigenvalue weighted by Crippen LogP contribution is -2.67. The van der Waals surface area contributed by atoms with Crippen LogP contribution in [0.3, 0.4) is 0 Å². The summed E-state index contributed by atoms with van der Waals surface area (Å²) in [6, 6.07) is 0. The van der Waals surface area contributed by atoms with Gasteiger partial charge in [-0.2, -0.15) is 0 Å². The van der Waals surface area contributed by atoms with Crippen LogP contribution >= 0.6 is 0 Å². The van der Waals surface area contributed by atoms with Crippen molar-refractivity contribution in [3.63, 3.8) is 0 Å². The van der Waals surface area contributed by atoms with Crippen LogP contribution in [0.15, 0.2) is 11.6 Å². The fourth-order valence-electron chi connectivity index (χ4n) is 16.4. The van der Waals surface area contributed by atoms with Crippen molar-refractivity contribution in [1.29, 1.82) is 0 Å². The summed E-state index contributed by atoms with van der Waals surface area (Å²) in [5, 5.41) is 139. The molecule has 9 aliphatic rings. The smallest absolute Gasteiger partial charge is 0.315 e. The summed E-state index contributed by atoms with van der Waals surface area (Å²) in [6.45, 7) is 15.2. The third kappa shape index (κ3) is 9.47. The molecule has 0 aromatic rings. The zero-order chi connectivity index (χ0) is 55.6. The Balaban J connectivity index is 0.963. The molecule has 22 nitrogen and oxygen atoms in total. The standard InChI is InChI=1S/C54H88O22/c1-23-32(58)36(62)40(66)44(69-23)74-43-39(65)35(61)28(22-57)72-47(43)75-42-38(64)34(60)27(21-56)71-46(42)73-31-12-13-51(6)29(50(31,4)5)11-14-53(8)30(51)10-9-24-25-19-49(2,3)15-17-54(25,18-16-52(24,53)7)48(68)76-45-41(67)37(63)33(59)26(20-55)70-45/h9,23,25-47,55-67H,10-22H2,1-8H3. The van der Waals surface area contributed by atoms with E-state index in [2.05, 4.69) is 54.5 Å². The molecule has 0 aromatic carbocycles. The molecule has 76 heavy (non-hydrogen) atoms. The number of esters is 1. The van der Waals surface area contributed by atoms with E-state index >= 15 is 0 Å². The summed E-state index contributed by atoms with van der Waals surface area (Å²) >= 11 is 0. The highest BCUT2D eigenvalue weighted by atomic mass is 16.8. The number of allylic oxidation sites excluding steroid dienone is 2. The highest BCUT2D eigenvalue weighted by Gasteiger charge is 2.70. The fraction of sp³-hybridized carbons (Fsp3) is 0.944. The quantitative estimate of drug-likeness (QED) is 0.0670. The van der Waals surface area contributed by atoms with Crippen LogP contribution < -0.4 is 0 Å². The molecular weight excluding hydrogens is 1000 g/mol. The summed E-state index contributed by atoms with van der Waals surface area (Å²) in [4.78, 5) is 14.8. The lowest BCUT2D eigenvalue weighted by atomic mass is 9.33.